The van der Waals surface area contributed by atoms with E-state index in [1.807, 2.05) is 17.8 Å². The van der Waals surface area contributed by atoms with Crippen LogP contribution < -0.4 is 11.3 Å². The average Bonchev–Trinajstić information content (AvgIpc) is 2.79. The van der Waals surface area contributed by atoms with Crippen LogP contribution in [0.5, 0.6) is 0 Å². The third-order valence-electron chi connectivity index (χ3n) is 3.62. The number of nitrogens with one attached hydrogen (secondary N) is 1. The average molecular weight is 337 g/mol. The minimum Gasteiger partial charge on any atom is -0.272 e. The molecule has 5 heteroatoms. The van der Waals surface area contributed by atoms with Gasteiger partial charge in [0.25, 0.3) is 0 Å². The van der Waals surface area contributed by atoms with E-state index in [9.17, 15) is 0 Å². The van der Waals surface area contributed by atoms with E-state index in [-0.39, 0.29) is 6.04 Å². The predicted octanol–water partition coefficient (Wildman–Crippen LogP) is 2.80. The lowest BCUT2D eigenvalue weighted by Gasteiger charge is -2.19. The van der Waals surface area contributed by atoms with E-state index in [4.69, 9.17) is 5.84 Å². The minimum atomic E-state index is 0.0765. The first-order chi connectivity index (χ1) is 9.55. The maximum atomic E-state index is 5.77. The summed E-state index contributed by atoms with van der Waals surface area (Å²) in [6.45, 7) is 4.22. The number of hydrogen-bond donors (Lipinski definition) is 2. The summed E-state index contributed by atoms with van der Waals surface area (Å²) in [6.07, 6.45) is 1.77. The van der Waals surface area contributed by atoms with Gasteiger partial charge in [-0.05, 0) is 42.7 Å². The summed E-state index contributed by atoms with van der Waals surface area (Å²) in [5.74, 6) is 5.77. The summed E-state index contributed by atoms with van der Waals surface area (Å²) in [6, 6.07) is 8.50. The number of aryl methyl sites for hydroxylation is 3. The first-order valence-corrected chi connectivity index (χ1v) is 7.58. The lowest BCUT2D eigenvalue weighted by molar-refractivity contribution is 0.527. The van der Waals surface area contributed by atoms with Crippen LogP contribution in [0, 0.1) is 6.92 Å². The molecule has 1 heterocycles. The van der Waals surface area contributed by atoms with Gasteiger partial charge in [-0.2, -0.15) is 5.10 Å². The molecule has 0 aliphatic rings. The first kappa shape index (κ1) is 15.2. The Morgan fingerprint density at radius 2 is 2.15 bits per heavy atom. The monoisotopic (exact) mass is 336 g/mol. The standard InChI is InChI=1S/C15H21BrN4/c1-4-12-8-13(20(3)19-12)9-15(18-17)14-7-11(16)6-5-10(14)2/h5-8,15,18H,4,9,17H2,1-3H3. The Kier molecular flexibility index (Phi) is 4.96. The molecule has 0 spiro atoms. The summed E-state index contributed by atoms with van der Waals surface area (Å²) in [5, 5.41) is 4.49. The quantitative estimate of drug-likeness (QED) is 0.652. The van der Waals surface area contributed by atoms with E-state index in [1.54, 1.807) is 0 Å². The molecule has 2 aromatic rings. The van der Waals surface area contributed by atoms with Gasteiger partial charge in [0.15, 0.2) is 0 Å². The summed E-state index contributed by atoms with van der Waals surface area (Å²) >= 11 is 3.52. The fraction of sp³-hybridized carbons (Fsp3) is 0.400. The van der Waals surface area contributed by atoms with Gasteiger partial charge in [-0.25, -0.2) is 0 Å². The fourth-order valence-corrected chi connectivity index (χ4v) is 2.77. The topological polar surface area (TPSA) is 55.9 Å². The van der Waals surface area contributed by atoms with Crippen LogP contribution in [-0.4, -0.2) is 9.78 Å². The lowest BCUT2D eigenvalue weighted by Crippen LogP contribution is -2.30. The Morgan fingerprint density at radius 3 is 2.75 bits per heavy atom. The maximum Gasteiger partial charge on any atom is 0.0624 e. The molecule has 0 aliphatic heterocycles. The van der Waals surface area contributed by atoms with Crippen molar-refractivity contribution in [3.05, 3.63) is 51.3 Å². The second kappa shape index (κ2) is 6.52. The van der Waals surface area contributed by atoms with Crippen LogP contribution in [0.15, 0.2) is 28.7 Å². The summed E-state index contributed by atoms with van der Waals surface area (Å²) < 4.78 is 3.01. The molecule has 0 radical (unpaired) electrons. The van der Waals surface area contributed by atoms with Gasteiger partial charge in [-0.15, -0.1) is 0 Å². The van der Waals surface area contributed by atoms with Crippen LogP contribution in [0.3, 0.4) is 0 Å². The largest absolute Gasteiger partial charge is 0.272 e. The molecule has 1 aromatic heterocycles. The van der Waals surface area contributed by atoms with Crippen molar-refractivity contribution in [3.8, 4) is 0 Å². The number of nitrogens with zero attached hydrogens (tertiary/aromatic N) is 2. The Morgan fingerprint density at radius 1 is 1.40 bits per heavy atom. The molecular weight excluding hydrogens is 316 g/mol. The Hall–Kier alpha value is -1.17. The van der Waals surface area contributed by atoms with Crippen molar-refractivity contribution in [2.24, 2.45) is 12.9 Å². The zero-order valence-corrected chi connectivity index (χ0v) is 13.7. The summed E-state index contributed by atoms with van der Waals surface area (Å²) in [5.41, 5.74) is 7.67. The molecule has 0 bridgehead atoms. The number of benzene rings is 1. The number of halogens is 1. The van der Waals surface area contributed by atoms with Crippen LogP contribution >= 0.6 is 15.9 Å². The van der Waals surface area contributed by atoms with Crippen molar-refractivity contribution >= 4 is 15.9 Å². The van der Waals surface area contributed by atoms with Gasteiger partial charge in [0.2, 0.25) is 0 Å². The van der Waals surface area contributed by atoms with Gasteiger partial charge in [0.05, 0.1) is 11.7 Å². The normalized spacial score (nSPS) is 12.7. The Labute approximate surface area is 128 Å². The molecule has 1 aromatic carbocycles. The van der Waals surface area contributed by atoms with Crippen molar-refractivity contribution < 1.29 is 0 Å². The SMILES string of the molecule is CCc1cc(CC(NN)c2cc(Br)ccc2C)n(C)n1. The minimum absolute atomic E-state index is 0.0765. The molecule has 0 saturated heterocycles. The van der Waals surface area contributed by atoms with Gasteiger partial charge in [-0.3, -0.25) is 16.0 Å². The molecule has 4 nitrogen and oxygen atoms in total. The van der Waals surface area contributed by atoms with E-state index in [0.29, 0.717) is 0 Å². The lowest BCUT2D eigenvalue weighted by atomic mass is 9.98. The van der Waals surface area contributed by atoms with Crippen LogP contribution in [0.1, 0.15) is 35.5 Å². The first-order valence-electron chi connectivity index (χ1n) is 6.79. The third-order valence-corrected chi connectivity index (χ3v) is 4.11. The highest BCUT2D eigenvalue weighted by Crippen LogP contribution is 2.25. The van der Waals surface area contributed by atoms with Crippen molar-refractivity contribution in [1.82, 2.24) is 15.2 Å². The molecule has 20 heavy (non-hydrogen) atoms. The van der Waals surface area contributed by atoms with Gasteiger partial charge < -0.3 is 0 Å². The summed E-state index contributed by atoms with van der Waals surface area (Å²) in [4.78, 5) is 0. The zero-order valence-electron chi connectivity index (χ0n) is 12.2. The van der Waals surface area contributed by atoms with E-state index in [1.165, 1.54) is 16.8 Å². The van der Waals surface area contributed by atoms with Crippen LogP contribution in [-0.2, 0) is 19.9 Å². The molecule has 2 rings (SSSR count). The van der Waals surface area contributed by atoms with Crippen LogP contribution in [0.4, 0.5) is 0 Å². The van der Waals surface area contributed by atoms with Gasteiger partial charge in [0, 0.05) is 23.6 Å². The van der Waals surface area contributed by atoms with Crippen molar-refractivity contribution in [3.63, 3.8) is 0 Å². The van der Waals surface area contributed by atoms with Gasteiger partial charge in [-0.1, -0.05) is 28.9 Å². The van der Waals surface area contributed by atoms with E-state index in [0.717, 1.165) is 23.0 Å². The molecular formula is C15H21BrN4. The van der Waals surface area contributed by atoms with Gasteiger partial charge in [0.1, 0.15) is 0 Å². The second-order valence-corrected chi connectivity index (χ2v) is 5.94. The molecule has 0 fully saturated rings. The van der Waals surface area contributed by atoms with E-state index in [2.05, 4.69) is 58.5 Å². The highest BCUT2D eigenvalue weighted by Gasteiger charge is 2.16. The maximum absolute atomic E-state index is 5.77. The zero-order chi connectivity index (χ0) is 14.7. The Balaban J connectivity index is 2.28. The fourth-order valence-electron chi connectivity index (χ4n) is 2.39. The number of hydrazine groups is 1. The molecule has 3 N–H and O–H groups in total. The molecule has 1 unspecified atom stereocenters. The van der Waals surface area contributed by atoms with Gasteiger partial charge >= 0.3 is 0 Å². The van der Waals surface area contributed by atoms with E-state index >= 15 is 0 Å². The van der Waals surface area contributed by atoms with Crippen molar-refractivity contribution in [2.75, 3.05) is 0 Å². The van der Waals surface area contributed by atoms with Crippen LogP contribution in [0.2, 0.25) is 0 Å². The predicted molar refractivity (Wildman–Crippen MR) is 85.2 cm³/mol. The van der Waals surface area contributed by atoms with Crippen LogP contribution in [0.25, 0.3) is 0 Å². The van der Waals surface area contributed by atoms with Crippen molar-refractivity contribution in [2.45, 2.75) is 32.7 Å². The number of hydrogen-bond acceptors (Lipinski definition) is 3. The molecule has 108 valence electrons. The third kappa shape index (κ3) is 3.29. The highest BCUT2D eigenvalue weighted by molar-refractivity contribution is 9.10. The molecule has 0 amide bonds. The number of nitrogens with two attached hydrogens (primary N) is 1. The molecule has 0 saturated carbocycles. The number of aromatic nitrogens is 2. The highest BCUT2D eigenvalue weighted by atomic mass is 79.9. The molecule has 0 aliphatic carbocycles. The van der Waals surface area contributed by atoms with E-state index < -0.39 is 0 Å². The van der Waals surface area contributed by atoms with Crippen molar-refractivity contribution in [1.29, 1.82) is 0 Å². The molecule has 1 atom stereocenters. The number of rotatable bonds is 5. The summed E-state index contributed by atoms with van der Waals surface area (Å²) in [7, 11) is 1.98. The Bertz CT molecular complexity index is 592. The second-order valence-electron chi connectivity index (χ2n) is 5.03. The smallest absolute Gasteiger partial charge is 0.0624 e.